The van der Waals surface area contributed by atoms with E-state index in [1.54, 1.807) is 0 Å². The Morgan fingerprint density at radius 1 is 1.04 bits per heavy atom. The number of hydrogen-bond acceptors (Lipinski definition) is 0. The predicted octanol–water partition coefficient (Wildman–Crippen LogP) is 8.23. The summed E-state index contributed by atoms with van der Waals surface area (Å²) >= 11 is 0. The highest BCUT2D eigenvalue weighted by molar-refractivity contribution is 5.28. The normalized spacial score (nSPS) is 45.0. The summed E-state index contributed by atoms with van der Waals surface area (Å²) in [6, 6.07) is 0. The van der Waals surface area contributed by atoms with Crippen LogP contribution in [0.1, 0.15) is 105 Å². The van der Waals surface area contributed by atoms with Crippen LogP contribution in [-0.4, -0.2) is 0 Å². The summed E-state index contributed by atoms with van der Waals surface area (Å²) in [6.45, 7) is 12.7. The van der Waals surface area contributed by atoms with Crippen molar-refractivity contribution in [3.8, 4) is 0 Å². The van der Waals surface area contributed by atoms with Gasteiger partial charge >= 0.3 is 0 Å². The Morgan fingerprint density at radius 2 is 1.85 bits per heavy atom. The van der Waals surface area contributed by atoms with Gasteiger partial charge in [-0.2, -0.15) is 0 Å². The molecule has 4 rings (SSSR count). The van der Waals surface area contributed by atoms with Crippen molar-refractivity contribution in [2.75, 3.05) is 0 Å². The molecule has 7 atom stereocenters. The smallest absolute Gasteiger partial charge is 0.00541 e. The molecule has 27 heavy (non-hydrogen) atoms. The zero-order valence-corrected chi connectivity index (χ0v) is 18.9. The van der Waals surface area contributed by atoms with E-state index in [0.29, 0.717) is 10.8 Å². The molecule has 0 aromatic carbocycles. The molecule has 1 radical (unpaired) electrons. The largest absolute Gasteiger partial charge is 0.0845 e. The van der Waals surface area contributed by atoms with Crippen molar-refractivity contribution >= 4 is 0 Å². The van der Waals surface area contributed by atoms with Crippen molar-refractivity contribution < 1.29 is 0 Å². The minimum Gasteiger partial charge on any atom is -0.0845 e. The fourth-order valence-electron chi connectivity index (χ4n) is 8.47. The van der Waals surface area contributed by atoms with Gasteiger partial charge < -0.3 is 0 Å². The van der Waals surface area contributed by atoms with Gasteiger partial charge in [0.15, 0.2) is 0 Å². The van der Waals surface area contributed by atoms with Crippen LogP contribution in [0, 0.1) is 52.8 Å². The molecule has 0 aliphatic heterocycles. The molecule has 0 saturated heterocycles. The Kier molecular flexibility index (Phi) is 5.59. The van der Waals surface area contributed by atoms with Crippen LogP contribution in [0.5, 0.6) is 0 Å². The van der Waals surface area contributed by atoms with E-state index < -0.39 is 0 Å². The van der Waals surface area contributed by atoms with Crippen LogP contribution < -0.4 is 0 Å². The number of fused-ring (bicyclic) bond motifs is 5. The maximum Gasteiger partial charge on any atom is -0.00541 e. The van der Waals surface area contributed by atoms with Gasteiger partial charge in [0.1, 0.15) is 0 Å². The number of rotatable bonds is 5. The molecular formula is C27H45. The van der Waals surface area contributed by atoms with E-state index in [4.69, 9.17) is 0 Å². The summed E-state index contributed by atoms with van der Waals surface area (Å²) in [7, 11) is 0. The summed E-state index contributed by atoms with van der Waals surface area (Å²) in [5, 5.41) is 0. The lowest BCUT2D eigenvalue weighted by Gasteiger charge is -2.58. The van der Waals surface area contributed by atoms with Crippen LogP contribution in [0.2, 0.25) is 0 Å². The lowest BCUT2D eigenvalue weighted by Crippen LogP contribution is -2.50. The van der Waals surface area contributed by atoms with Gasteiger partial charge in [0.2, 0.25) is 0 Å². The van der Waals surface area contributed by atoms with E-state index in [2.05, 4.69) is 47.1 Å². The third-order valence-electron chi connectivity index (χ3n) is 9.96. The summed E-state index contributed by atoms with van der Waals surface area (Å²) in [6.07, 6.45) is 21.4. The average molecular weight is 370 g/mol. The maximum absolute atomic E-state index is 2.74. The van der Waals surface area contributed by atoms with Gasteiger partial charge in [-0.1, -0.05) is 65.5 Å². The summed E-state index contributed by atoms with van der Waals surface area (Å²) in [5.41, 5.74) is 2.90. The van der Waals surface area contributed by atoms with Crippen LogP contribution in [-0.2, 0) is 0 Å². The first-order chi connectivity index (χ1) is 12.9. The van der Waals surface area contributed by atoms with Gasteiger partial charge in [-0.15, -0.1) is 0 Å². The molecule has 0 spiro atoms. The summed E-state index contributed by atoms with van der Waals surface area (Å²) in [4.78, 5) is 0. The molecule has 4 aliphatic carbocycles. The molecule has 0 unspecified atom stereocenters. The second kappa shape index (κ2) is 7.53. The van der Waals surface area contributed by atoms with E-state index in [0.717, 1.165) is 35.5 Å². The Hall–Kier alpha value is -0.260. The lowest BCUT2D eigenvalue weighted by atomic mass is 9.47. The first-order valence-corrected chi connectivity index (χ1v) is 12.4. The van der Waals surface area contributed by atoms with Crippen LogP contribution in [0.25, 0.3) is 0 Å². The highest BCUT2D eigenvalue weighted by Crippen LogP contribution is 2.67. The second-order valence-electron chi connectivity index (χ2n) is 11.8. The highest BCUT2D eigenvalue weighted by atomic mass is 14.6. The van der Waals surface area contributed by atoms with Crippen molar-refractivity contribution in [1.82, 2.24) is 0 Å². The standard InChI is InChI=1S/C27H45/c1-19(2)9-8-10-20(3)23-14-15-24-22-13-12-21-11-6-7-17-26(21,4)25(22)16-18-27(23,24)5/h12,17,19-20,22-25H,6-11,13-16,18H2,1-5H3/t20-,22+,23-,24+,25+,26+,27-/m1/s1. The molecule has 0 nitrogen and oxygen atoms in total. The third kappa shape index (κ3) is 3.36. The molecule has 0 heteroatoms. The second-order valence-corrected chi connectivity index (χ2v) is 11.8. The Labute approximate surface area is 170 Å². The Balaban J connectivity index is 1.49. The molecule has 0 aromatic heterocycles. The zero-order chi connectivity index (χ0) is 19.2. The quantitative estimate of drug-likeness (QED) is 0.428. The van der Waals surface area contributed by atoms with Crippen LogP contribution in [0.4, 0.5) is 0 Å². The van der Waals surface area contributed by atoms with Crippen molar-refractivity contribution in [2.24, 2.45) is 46.3 Å². The lowest BCUT2D eigenvalue weighted by molar-refractivity contribution is -0.0391. The van der Waals surface area contributed by atoms with Crippen molar-refractivity contribution in [2.45, 2.75) is 105 Å². The van der Waals surface area contributed by atoms with E-state index in [9.17, 15) is 0 Å². The van der Waals surface area contributed by atoms with Gasteiger partial charge in [0.25, 0.3) is 0 Å². The topological polar surface area (TPSA) is 0 Å². The van der Waals surface area contributed by atoms with Crippen molar-refractivity contribution in [1.29, 1.82) is 0 Å². The summed E-state index contributed by atoms with van der Waals surface area (Å²) in [5.74, 6) is 5.71. The minimum atomic E-state index is 0.448. The molecule has 3 saturated carbocycles. The molecule has 0 amide bonds. The molecule has 0 bridgehead atoms. The van der Waals surface area contributed by atoms with Crippen LogP contribution in [0.3, 0.4) is 0 Å². The van der Waals surface area contributed by atoms with Gasteiger partial charge in [-0.05, 0) is 104 Å². The van der Waals surface area contributed by atoms with E-state index >= 15 is 0 Å². The monoisotopic (exact) mass is 369 g/mol. The first kappa shape index (κ1) is 20.0. The molecule has 153 valence electrons. The fraction of sp³-hybridized carbons (Fsp3) is 0.889. The fourth-order valence-corrected chi connectivity index (χ4v) is 8.47. The van der Waals surface area contributed by atoms with E-state index in [1.165, 1.54) is 70.6 Å². The zero-order valence-electron chi connectivity index (χ0n) is 18.9. The van der Waals surface area contributed by atoms with Crippen molar-refractivity contribution in [3.63, 3.8) is 0 Å². The van der Waals surface area contributed by atoms with E-state index in [1.807, 2.05) is 5.57 Å². The average Bonchev–Trinajstić information content (AvgIpc) is 2.98. The predicted molar refractivity (Wildman–Crippen MR) is 117 cm³/mol. The van der Waals surface area contributed by atoms with Gasteiger partial charge in [-0.3, -0.25) is 0 Å². The maximum atomic E-state index is 2.74. The Bertz CT molecular complexity index is 556. The Morgan fingerprint density at radius 3 is 2.63 bits per heavy atom. The minimum absolute atomic E-state index is 0.448. The van der Waals surface area contributed by atoms with Crippen molar-refractivity contribution in [3.05, 3.63) is 18.1 Å². The summed E-state index contributed by atoms with van der Waals surface area (Å²) < 4.78 is 0. The molecule has 4 aliphatic rings. The van der Waals surface area contributed by atoms with E-state index in [-0.39, 0.29) is 0 Å². The third-order valence-corrected chi connectivity index (χ3v) is 9.96. The van der Waals surface area contributed by atoms with Gasteiger partial charge in [0, 0.05) is 0 Å². The highest BCUT2D eigenvalue weighted by Gasteiger charge is 2.58. The molecule has 3 fully saturated rings. The number of hydrogen-bond donors (Lipinski definition) is 0. The first-order valence-electron chi connectivity index (χ1n) is 12.4. The van der Waals surface area contributed by atoms with Crippen LogP contribution in [0.15, 0.2) is 11.6 Å². The van der Waals surface area contributed by atoms with Crippen LogP contribution >= 0.6 is 0 Å². The molecule has 0 N–H and O–H groups in total. The van der Waals surface area contributed by atoms with Gasteiger partial charge in [0.05, 0.1) is 0 Å². The molecular weight excluding hydrogens is 324 g/mol. The SMILES string of the molecule is CC(C)CCC[C@@H](C)[C@H]1CC[C@H]2[C@@H]3CC=C4CCC[CH][C@]4(C)[C@H]3CC[C@]12C. The van der Waals surface area contributed by atoms with Gasteiger partial charge in [-0.25, -0.2) is 0 Å². The molecule has 0 heterocycles. The number of allylic oxidation sites excluding steroid dienone is 2. The molecule has 0 aromatic rings.